The fraction of sp³-hybridized carbons (Fsp3) is 0.350. The van der Waals surface area contributed by atoms with Gasteiger partial charge in [-0.15, -0.1) is 0 Å². The maximum Gasteiger partial charge on any atom is 0.407 e. The number of aliphatic hydroxyl groups excluding tert-OH is 1. The number of amides is 1. The molecule has 124 valence electrons. The molecule has 0 saturated heterocycles. The van der Waals surface area contributed by atoms with Gasteiger partial charge in [0.1, 0.15) is 6.61 Å². The predicted molar refractivity (Wildman–Crippen MR) is 91.8 cm³/mol. The minimum Gasteiger partial charge on any atom is -0.449 e. The summed E-state index contributed by atoms with van der Waals surface area (Å²) in [5.41, 5.74) is 4.89. The number of aliphatic hydroxyl groups is 1. The third kappa shape index (κ3) is 2.67. The molecule has 0 aliphatic heterocycles. The van der Waals surface area contributed by atoms with E-state index in [0.717, 1.165) is 12.8 Å². The Morgan fingerprint density at radius 1 is 1.04 bits per heavy atom. The van der Waals surface area contributed by atoms with Crippen molar-refractivity contribution in [1.82, 2.24) is 5.32 Å². The Morgan fingerprint density at radius 2 is 1.62 bits per heavy atom. The Hall–Kier alpha value is -2.33. The number of carbonyl (C=O) groups is 1. The van der Waals surface area contributed by atoms with Crippen LogP contribution in [0.4, 0.5) is 4.79 Å². The van der Waals surface area contributed by atoms with E-state index >= 15 is 0 Å². The summed E-state index contributed by atoms with van der Waals surface area (Å²) in [5, 5.41) is 11.9. The van der Waals surface area contributed by atoms with Gasteiger partial charge in [-0.3, -0.25) is 0 Å². The van der Waals surface area contributed by atoms with Gasteiger partial charge in [-0.05, 0) is 41.0 Å². The molecule has 0 atom stereocenters. The monoisotopic (exact) mass is 323 g/mol. The van der Waals surface area contributed by atoms with Gasteiger partial charge in [0.15, 0.2) is 0 Å². The Balaban J connectivity index is 1.42. The van der Waals surface area contributed by atoms with Crippen LogP contribution in [0.15, 0.2) is 48.5 Å². The number of nitrogens with one attached hydrogen (secondary N) is 1. The van der Waals surface area contributed by atoms with E-state index in [1.165, 1.54) is 22.3 Å². The first-order chi connectivity index (χ1) is 11.8. The molecule has 2 aliphatic rings. The Labute approximate surface area is 141 Å². The highest BCUT2D eigenvalue weighted by atomic mass is 16.5. The minimum absolute atomic E-state index is 0.0923. The quantitative estimate of drug-likeness (QED) is 0.907. The first-order valence-electron chi connectivity index (χ1n) is 8.48. The van der Waals surface area contributed by atoms with Crippen LogP contribution in [0.1, 0.15) is 29.9 Å². The molecule has 4 rings (SSSR count). The van der Waals surface area contributed by atoms with Gasteiger partial charge in [-0.2, -0.15) is 0 Å². The third-order valence-electron chi connectivity index (χ3n) is 5.16. The van der Waals surface area contributed by atoms with Crippen molar-refractivity contribution in [3.8, 4) is 11.1 Å². The van der Waals surface area contributed by atoms with Crippen LogP contribution in [0.25, 0.3) is 11.1 Å². The highest BCUT2D eigenvalue weighted by Gasteiger charge is 2.31. The zero-order valence-corrected chi connectivity index (χ0v) is 13.4. The fourth-order valence-electron chi connectivity index (χ4n) is 3.81. The molecule has 24 heavy (non-hydrogen) atoms. The third-order valence-corrected chi connectivity index (χ3v) is 5.16. The summed E-state index contributed by atoms with van der Waals surface area (Å²) in [7, 11) is 0. The maximum absolute atomic E-state index is 12.0. The smallest absolute Gasteiger partial charge is 0.407 e. The molecule has 0 heterocycles. The zero-order valence-electron chi connectivity index (χ0n) is 13.4. The van der Waals surface area contributed by atoms with Gasteiger partial charge in [-0.25, -0.2) is 4.79 Å². The molecule has 1 saturated carbocycles. The molecule has 4 nitrogen and oxygen atoms in total. The van der Waals surface area contributed by atoms with Gasteiger partial charge < -0.3 is 15.2 Å². The van der Waals surface area contributed by atoms with Gasteiger partial charge in [0.05, 0.1) is 0 Å². The Bertz CT molecular complexity index is 707. The second kappa shape index (κ2) is 6.29. The summed E-state index contributed by atoms with van der Waals surface area (Å²) in [4.78, 5) is 12.0. The lowest BCUT2D eigenvalue weighted by Gasteiger charge is -2.34. The second-order valence-electron chi connectivity index (χ2n) is 6.69. The molecule has 0 bridgehead atoms. The zero-order chi connectivity index (χ0) is 16.5. The topological polar surface area (TPSA) is 58.6 Å². The van der Waals surface area contributed by atoms with Gasteiger partial charge in [0, 0.05) is 18.6 Å². The van der Waals surface area contributed by atoms with E-state index in [4.69, 9.17) is 9.84 Å². The minimum atomic E-state index is -0.363. The molecule has 0 radical (unpaired) electrons. The molecule has 2 aromatic carbocycles. The maximum atomic E-state index is 12.0. The highest BCUT2D eigenvalue weighted by molar-refractivity contribution is 5.79. The van der Waals surface area contributed by atoms with Gasteiger partial charge in [0.2, 0.25) is 0 Å². The van der Waals surface area contributed by atoms with E-state index in [1.807, 2.05) is 24.3 Å². The lowest BCUT2D eigenvalue weighted by atomic mass is 9.81. The first-order valence-corrected chi connectivity index (χ1v) is 8.48. The number of carbonyl (C=O) groups excluding carboxylic acids is 1. The van der Waals surface area contributed by atoms with Crippen molar-refractivity contribution in [3.63, 3.8) is 0 Å². The largest absolute Gasteiger partial charge is 0.449 e. The van der Waals surface area contributed by atoms with Gasteiger partial charge >= 0.3 is 6.09 Å². The van der Waals surface area contributed by atoms with Crippen molar-refractivity contribution >= 4 is 6.09 Å². The molecule has 1 amide bonds. The SMILES string of the molecule is O=C(NC1CC(CO)C1)OCC1c2ccccc2-c2ccccc21. The molecule has 2 N–H and O–H groups in total. The van der Waals surface area contributed by atoms with Crippen molar-refractivity contribution in [2.45, 2.75) is 24.8 Å². The van der Waals surface area contributed by atoms with E-state index in [1.54, 1.807) is 0 Å². The van der Waals surface area contributed by atoms with Crippen molar-refractivity contribution in [2.24, 2.45) is 5.92 Å². The van der Waals surface area contributed by atoms with Crippen LogP contribution in [0.2, 0.25) is 0 Å². The Morgan fingerprint density at radius 3 is 2.21 bits per heavy atom. The fourth-order valence-corrected chi connectivity index (χ4v) is 3.81. The summed E-state index contributed by atoms with van der Waals surface area (Å²) in [6.45, 7) is 0.541. The van der Waals surface area contributed by atoms with E-state index in [9.17, 15) is 4.79 Å². The number of benzene rings is 2. The number of hydrogen-bond donors (Lipinski definition) is 2. The molecular weight excluding hydrogens is 302 g/mol. The van der Waals surface area contributed by atoms with Gasteiger partial charge in [0.25, 0.3) is 0 Å². The molecule has 1 fully saturated rings. The van der Waals surface area contributed by atoms with Crippen molar-refractivity contribution in [1.29, 1.82) is 0 Å². The molecule has 0 aromatic heterocycles. The molecule has 0 unspecified atom stereocenters. The van der Waals surface area contributed by atoms with Gasteiger partial charge in [-0.1, -0.05) is 48.5 Å². The predicted octanol–water partition coefficient (Wildman–Crippen LogP) is 3.30. The number of alkyl carbamates (subject to hydrolysis) is 1. The average molecular weight is 323 g/mol. The van der Waals surface area contributed by atoms with Crippen molar-refractivity contribution in [2.75, 3.05) is 13.2 Å². The summed E-state index contributed by atoms with van der Waals surface area (Å²) < 4.78 is 5.50. The highest BCUT2D eigenvalue weighted by Crippen LogP contribution is 2.44. The molecule has 2 aromatic rings. The van der Waals surface area contributed by atoms with Crippen LogP contribution in [0.3, 0.4) is 0 Å². The lowest BCUT2D eigenvalue weighted by Crippen LogP contribution is -2.45. The second-order valence-corrected chi connectivity index (χ2v) is 6.69. The van der Waals surface area contributed by atoms with Crippen LogP contribution in [0, 0.1) is 5.92 Å². The Kier molecular flexibility index (Phi) is 3.98. The molecule has 0 spiro atoms. The number of hydrogen-bond acceptors (Lipinski definition) is 3. The summed E-state index contributed by atoms with van der Waals surface area (Å²) in [5.74, 6) is 0.415. The van der Waals surface area contributed by atoms with E-state index < -0.39 is 0 Å². The molecule has 4 heteroatoms. The van der Waals surface area contributed by atoms with Crippen molar-refractivity contribution < 1.29 is 14.6 Å². The standard InChI is InChI=1S/C20H21NO3/c22-11-13-9-14(10-13)21-20(23)24-12-19-17-7-3-1-5-15(17)16-6-2-4-8-18(16)19/h1-8,13-14,19,22H,9-12H2,(H,21,23). The number of rotatable bonds is 4. The van der Waals surface area contributed by atoms with Crippen LogP contribution in [-0.4, -0.2) is 30.5 Å². The number of ether oxygens (including phenoxy) is 1. The normalized spacial score (nSPS) is 21.5. The summed E-state index contributed by atoms with van der Waals surface area (Å²) in [6, 6.07) is 16.7. The van der Waals surface area contributed by atoms with E-state index in [-0.39, 0.29) is 24.7 Å². The summed E-state index contributed by atoms with van der Waals surface area (Å²) in [6.07, 6.45) is 1.31. The first kappa shape index (κ1) is 15.2. The average Bonchev–Trinajstić information content (AvgIpc) is 2.90. The van der Waals surface area contributed by atoms with E-state index in [2.05, 4.69) is 29.6 Å². The van der Waals surface area contributed by atoms with Crippen LogP contribution >= 0.6 is 0 Å². The number of fused-ring (bicyclic) bond motifs is 3. The van der Waals surface area contributed by atoms with E-state index in [0.29, 0.717) is 12.5 Å². The van der Waals surface area contributed by atoms with Crippen molar-refractivity contribution in [3.05, 3.63) is 59.7 Å². The van der Waals surface area contributed by atoms with Crippen LogP contribution in [0.5, 0.6) is 0 Å². The molecule has 2 aliphatic carbocycles. The van der Waals surface area contributed by atoms with Crippen LogP contribution < -0.4 is 5.32 Å². The lowest BCUT2D eigenvalue weighted by molar-refractivity contribution is 0.103. The summed E-state index contributed by atoms with van der Waals surface area (Å²) >= 11 is 0. The van der Waals surface area contributed by atoms with Crippen LogP contribution in [-0.2, 0) is 4.74 Å². The molecular formula is C20H21NO3.